The number of esters is 1. The van der Waals surface area contributed by atoms with Gasteiger partial charge < -0.3 is 14.9 Å². The quantitative estimate of drug-likeness (QED) is 0.427. The number of carboxylic acids is 1. The van der Waals surface area contributed by atoms with Crippen molar-refractivity contribution < 1.29 is 24.5 Å². The number of unbranched alkanes of at least 4 members (excludes halogenated alkanes) is 7. The fourth-order valence-electron chi connectivity index (χ4n) is 2.11. The van der Waals surface area contributed by atoms with E-state index < -0.39 is 23.6 Å². The Kier molecular flexibility index (Phi) is 10.0. The van der Waals surface area contributed by atoms with E-state index in [1.807, 2.05) is 0 Å². The standard InChI is InChI=1S/C16H30O5/c1-4-5-6-7-8-9-10-11-12-16(3,15(19)20)21-14(18)13(2)17/h13,17H,4-12H2,1-3H3,(H,19,20). The molecule has 0 aliphatic heterocycles. The SMILES string of the molecule is CCCCCCCCCCC(C)(OC(=O)C(C)O)C(=O)O. The Bertz CT molecular complexity index is 314. The first-order chi connectivity index (χ1) is 9.83. The van der Waals surface area contributed by atoms with Gasteiger partial charge in [0, 0.05) is 0 Å². The average molecular weight is 302 g/mol. The second-order valence-corrected chi connectivity index (χ2v) is 5.86. The Morgan fingerprint density at radius 1 is 1.05 bits per heavy atom. The van der Waals surface area contributed by atoms with Gasteiger partial charge in [-0.3, -0.25) is 0 Å². The molecule has 5 heteroatoms. The molecule has 0 amide bonds. The van der Waals surface area contributed by atoms with Crippen molar-refractivity contribution in [2.75, 3.05) is 0 Å². The highest BCUT2D eigenvalue weighted by atomic mass is 16.6. The summed E-state index contributed by atoms with van der Waals surface area (Å²) in [6.07, 6.45) is 7.82. The summed E-state index contributed by atoms with van der Waals surface area (Å²) in [5.41, 5.74) is -1.55. The molecule has 0 rings (SSSR count). The number of aliphatic carboxylic acids is 1. The topological polar surface area (TPSA) is 83.8 Å². The smallest absolute Gasteiger partial charge is 0.347 e. The van der Waals surface area contributed by atoms with E-state index in [9.17, 15) is 14.7 Å². The fraction of sp³-hybridized carbons (Fsp3) is 0.875. The Hall–Kier alpha value is -1.10. The lowest BCUT2D eigenvalue weighted by Crippen LogP contribution is -2.42. The Morgan fingerprint density at radius 3 is 1.95 bits per heavy atom. The van der Waals surface area contributed by atoms with Gasteiger partial charge in [0.05, 0.1) is 0 Å². The Labute approximate surface area is 127 Å². The van der Waals surface area contributed by atoms with E-state index >= 15 is 0 Å². The van der Waals surface area contributed by atoms with Crippen LogP contribution in [0.15, 0.2) is 0 Å². The molecule has 0 bridgehead atoms. The van der Waals surface area contributed by atoms with E-state index in [1.165, 1.54) is 39.5 Å². The van der Waals surface area contributed by atoms with Crippen LogP contribution >= 0.6 is 0 Å². The van der Waals surface area contributed by atoms with Crippen LogP contribution in [-0.4, -0.2) is 33.9 Å². The van der Waals surface area contributed by atoms with Gasteiger partial charge in [-0.1, -0.05) is 51.9 Å². The summed E-state index contributed by atoms with van der Waals surface area (Å²) >= 11 is 0. The summed E-state index contributed by atoms with van der Waals surface area (Å²) in [5, 5.41) is 18.3. The van der Waals surface area contributed by atoms with Crippen molar-refractivity contribution in [3.05, 3.63) is 0 Å². The fourth-order valence-corrected chi connectivity index (χ4v) is 2.11. The lowest BCUT2D eigenvalue weighted by Gasteiger charge is -2.25. The maximum absolute atomic E-state index is 11.4. The molecule has 21 heavy (non-hydrogen) atoms. The number of aliphatic hydroxyl groups excluding tert-OH is 1. The number of carboxylic acid groups (broad SMARTS) is 1. The molecule has 0 heterocycles. The van der Waals surface area contributed by atoms with Gasteiger partial charge in [0.1, 0.15) is 6.10 Å². The highest BCUT2D eigenvalue weighted by molar-refractivity contribution is 5.82. The predicted molar refractivity (Wildman–Crippen MR) is 81.0 cm³/mol. The highest BCUT2D eigenvalue weighted by Crippen LogP contribution is 2.21. The zero-order valence-corrected chi connectivity index (χ0v) is 13.6. The number of rotatable bonds is 12. The zero-order valence-electron chi connectivity index (χ0n) is 13.6. The van der Waals surface area contributed by atoms with E-state index in [-0.39, 0.29) is 6.42 Å². The van der Waals surface area contributed by atoms with E-state index in [0.717, 1.165) is 19.3 Å². The van der Waals surface area contributed by atoms with Crippen molar-refractivity contribution in [3.8, 4) is 0 Å². The maximum Gasteiger partial charge on any atom is 0.347 e. The summed E-state index contributed by atoms with van der Waals surface area (Å²) in [4.78, 5) is 22.6. The van der Waals surface area contributed by atoms with Crippen LogP contribution in [0.5, 0.6) is 0 Å². The number of carbonyl (C=O) groups excluding carboxylic acids is 1. The minimum absolute atomic E-state index is 0.274. The summed E-state index contributed by atoms with van der Waals surface area (Å²) in [6, 6.07) is 0. The molecule has 0 saturated heterocycles. The van der Waals surface area contributed by atoms with Crippen LogP contribution in [0, 0.1) is 0 Å². The normalized spacial score (nSPS) is 15.2. The number of carbonyl (C=O) groups is 2. The molecule has 2 atom stereocenters. The van der Waals surface area contributed by atoms with Gasteiger partial charge in [0.25, 0.3) is 0 Å². The van der Waals surface area contributed by atoms with Gasteiger partial charge in [-0.05, 0) is 26.7 Å². The van der Waals surface area contributed by atoms with Crippen molar-refractivity contribution in [2.24, 2.45) is 0 Å². The van der Waals surface area contributed by atoms with Gasteiger partial charge in [-0.25, -0.2) is 9.59 Å². The van der Waals surface area contributed by atoms with Crippen LogP contribution in [0.4, 0.5) is 0 Å². The molecule has 0 aromatic heterocycles. The second kappa shape index (κ2) is 10.6. The first-order valence-corrected chi connectivity index (χ1v) is 7.97. The monoisotopic (exact) mass is 302 g/mol. The lowest BCUT2D eigenvalue weighted by molar-refractivity contribution is -0.182. The summed E-state index contributed by atoms with van der Waals surface area (Å²) in [5.74, 6) is -2.06. The highest BCUT2D eigenvalue weighted by Gasteiger charge is 2.37. The van der Waals surface area contributed by atoms with Gasteiger partial charge in [0.15, 0.2) is 0 Å². The van der Waals surface area contributed by atoms with Crippen molar-refractivity contribution in [1.29, 1.82) is 0 Å². The van der Waals surface area contributed by atoms with E-state index in [0.29, 0.717) is 6.42 Å². The van der Waals surface area contributed by atoms with Crippen LogP contribution in [-0.2, 0) is 14.3 Å². The van der Waals surface area contributed by atoms with Crippen LogP contribution < -0.4 is 0 Å². The lowest BCUT2D eigenvalue weighted by atomic mass is 9.97. The first kappa shape index (κ1) is 19.9. The third-order valence-electron chi connectivity index (χ3n) is 3.63. The molecule has 0 aromatic rings. The number of hydrogen-bond acceptors (Lipinski definition) is 4. The molecule has 0 aliphatic rings. The average Bonchev–Trinajstić information content (AvgIpc) is 2.41. The molecule has 0 fully saturated rings. The van der Waals surface area contributed by atoms with Crippen LogP contribution in [0.2, 0.25) is 0 Å². The molecule has 0 radical (unpaired) electrons. The Balaban J connectivity index is 3.99. The molecular weight excluding hydrogens is 272 g/mol. The molecule has 0 aromatic carbocycles. The number of hydrogen-bond donors (Lipinski definition) is 2. The van der Waals surface area contributed by atoms with Crippen LogP contribution in [0.3, 0.4) is 0 Å². The van der Waals surface area contributed by atoms with E-state index in [4.69, 9.17) is 9.84 Å². The van der Waals surface area contributed by atoms with Gasteiger partial charge in [0.2, 0.25) is 5.60 Å². The van der Waals surface area contributed by atoms with Gasteiger partial charge >= 0.3 is 11.9 Å². The summed E-state index contributed by atoms with van der Waals surface area (Å²) in [6.45, 7) is 4.83. The summed E-state index contributed by atoms with van der Waals surface area (Å²) < 4.78 is 4.93. The molecule has 2 N–H and O–H groups in total. The molecule has 0 spiro atoms. The van der Waals surface area contributed by atoms with Crippen molar-refractivity contribution >= 4 is 11.9 Å². The third-order valence-corrected chi connectivity index (χ3v) is 3.63. The van der Waals surface area contributed by atoms with Crippen LogP contribution in [0.1, 0.15) is 78.6 Å². The second-order valence-electron chi connectivity index (χ2n) is 5.86. The molecule has 5 nitrogen and oxygen atoms in total. The van der Waals surface area contributed by atoms with Crippen LogP contribution in [0.25, 0.3) is 0 Å². The van der Waals surface area contributed by atoms with Crippen molar-refractivity contribution in [2.45, 2.75) is 90.3 Å². The summed E-state index contributed by atoms with van der Waals surface area (Å²) in [7, 11) is 0. The predicted octanol–water partition coefficient (Wildman–Crippen LogP) is 3.28. The van der Waals surface area contributed by atoms with Gasteiger partial charge in [-0.15, -0.1) is 0 Å². The number of aliphatic hydroxyl groups is 1. The van der Waals surface area contributed by atoms with Gasteiger partial charge in [-0.2, -0.15) is 0 Å². The molecule has 0 aliphatic carbocycles. The first-order valence-electron chi connectivity index (χ1n) is 7.97. The Morgan fingerprint density at radius 2 is 1.52 bits per heavy atom. The zero-order chi connectivity index (χ0) is 16.3. The van der Waals surface area contributed by atoms with Crippen molar-refractivity contribution in [3.63, 3.8) is 0 Å². The minimum atomic E-state index is -1.55. The largest absolute Gasteiger partial charge is 0.478 e. The number of ether oxygens (including phenoxy) is 1. The molecular formula is C16H30O5. The minimum Gasteiger partial charge on any atom is -0.478 e. The molecule has 2 unspecified atom stereocenters. The van der Waals surface area contributed by atoms with E-state index in [2.05, 4.69) is 6.92 Å². The van der Waals surface area contributed by atoms with Crippen molar-refractivity contribution in [1.82, 2.24) is 0 Å². The molecule has 0 saturated carbocycles. The third kappa shape index (κ3) is 8.71. The molecule has 124 valence electrons. The van der Waals surface area contributed by atoms with E-state index in [1.54, 1.807) is 0 Å². The maximum atomic E-state index is 11.4.